The summed E-state index contributed by atoms with van der Waals surface area (Å²) in [6.45, 7) is 6.07. The molecule has 0 heterocycles. The largest absolute Gasteiger partial charge is 0.370 e. The van der Waals surface area contributed by atoms with Crippen LogP contribution in [0.15, 0.2) is 30.3 Å². The number of halogens is 1. The summed E-state index contributed by atoms with van der Waals surface area (Å²) >= 11 is 5.96. The summed E-state index contributed by atoms with van der Waals surface area (Å²) in [6.07, 6.45) is 0. The first-order chi connectivity index (χ1) is 6.24. The molecule has 13 heavy (non-hydrogen) atoms. The molecule has 1 aromatic carbocycles. The average Bonchev–Trinajstić information content (AvgIpc) is 2.15. The Kier molecular flexibility index (Phi) is 4.10. The van der Waals surface area contributed by atoms with Gasteiger partial charge in [0.1, 0.15) is 0 Å². The van der Waals surface area contributed by atoms with Crippen LogP contribution in [-0.2, 0) is 0 Å². The zero-order valence-electron chi connectivity index (χ0n) is 8.20. The van der Waals surface area contributed by atoms with E-state index in [0.717, 1.165) is 13.1 Å². The van der Waals surface area contributed by atoms with Gasteiger partial charge in [0.05, 0.1) is 0 Å². The molecule has 0 aliphatic rings. The van der Waals surface area contributed by atoms with Crippen LogP contribution >= 0.6 is 11.6 Å². The molecule has 1 aromatic rings. The Morgan fingerprint density at radius 3 is 2.38 bits per heavy atom. The van der Waals surface area contributed by atoms with Gasteiger partial charge in [-0.1, -0.05) is 18.2 Å². The summed E-state index contributed by atoms with van der Waals surface area (Å²) in [6, 6.07) is 10.4. The van der Waals surface area contributed by atoms with Gasteiger partial charge in [-0.2, -0.15) is 0 Å². The van der Waals surface area contributed by atoms with Gasteiger partial charge in [0.15, 0.2) is 0 Å². The maximum Gasteiger partial charge on any atom is 0.0483 e. The first-order valence-corrected chi connectivity index (χ1v) is 5.11. The van der Waals surface area contributed by atoms with Crippen molar-refractivity contribution >= 4 is 17.3 Å². The van der Waals surface area contributed by atoms with Crippen molar-refractivity contribution in [3.63, 3.8) is 0 Å². The molecule has 0 bridgehead atoms. The van der Waals surface area contributed by atoms with Crippen LogP contribution in [0.4, 0.5) is 5.69 Å². The molecule has 72 valence electrons. The number of hydrogen-bond donors (Lipinski definition) is 0. The van der Waals surface area contributed by atoms with Gasteiger partial charge in [0.25, 0.3) is 0 Å². The van der Waals surface area contributed by atoms with Crippen LogP contribution in [0.3, 0.4) is 0 Å². The van der Waals surface area contributed by atoms with Crippen molar-refractivity contribution in [2.24, 2.45) is 0 Å². The highest BCUT2D eigenvalue weighted by atomic mass is 35.5. The van der Waals surface area contributed by atoms with Crippen LogP contribution in [0.1, 0.15) is 13.8 Å². The smallest absolute Gasteiger partial charge is 0.0483 e. The maximum atomic E-state index is 5.96. The molecule has 0 fully saturated rings. The molecule has 1 rings (SSSR count). The van der Waals surface area contributed by atoms with Gasteiger partial charge in [0.2, 0.25) is 0 Å². The van der Waals surface area contributed by atoms with Crippen molar-refractivity contribution in [2.75, 3.05) is 18.0 Å². The van der Waals surface area contributed by atoms with E-state index < -0.39 is 0 Å². The molecule has 1 nitrogen and oxygen atoms in total. The number of para-hydroxylation sites is 1. The minimum absolute atomic E-state index is 0.195. The van der Waals surface area contributed by atoms with Crippen molar-refractivity contribution in [2.45, 2.75) is 19.2 Å². The normalized spacial score (nSPS) is 12.5. The maximum absolute atomic E-state index is 5.96. The number of nitrogens with zero attached hydrogens (tertiary/aromatic N) is 1. The standard InChI is InChI=1S/C11H16ClN/c1-3-13(9-10(2)12)11-7-5-4-6-8-11/h4-8,10H,3,9H2,1-2H3. The minimum atomic E-state index is 0.195. The molecule has 0 spiro atoms. The molecule has 1 unspecified atom stereocenters. The highest BCUT2D eigenvalue weighted by Gasteiger charge is 2.05. The van der Waals surface area contributed by atoms with Crippen LogP contribution in [0.5, 0.6) is 0 Å². The molecule has 0 N–H and O–H groups in total. The van der Waals surface area contributed by atoms with E-state index >= 15 is 0 Å². The predicted octanol–water partition coefficient (Wildman–Crippen LogP) is 3.14. The van der Waals surface area contributed by atoms with E-state index in [1.165, 1.54) is 5.69 Å². The second-order valence-electron chi connectivity index (χ2n) is 3.15. The molecule has 0 radical (unpaired) electrons. The van der Waals surface area contributed by atoms with Gasteiger partial charge in [-0.25, -0.2) is 0 Å². The fourth-order valence-electron chi connectivity index (χ4n) is 1.36. The lowest BCUT2D eigenvalue weighted by molar-refractivity contribution is 0.797. The Labute approximate surface area is 85.3 Å². The van der Waals surface area contributed by atoms with Crippen molar-refractivity contribution in [3.8, 4) is 0 Å². The molecular formula is C11H16ClN. The molecule has 0 amide bonds. The van der Waals surface area contributed by atoms with Gasteiger partial charge < -0.3 is 4.90 Å². The number of hydrogen-bond acceptors (Lipinski definition) is 1. The van der Waals surface area contributed by atoms with Crippen LogP contribution in [0.25, 0.3) is 0 Å². The summed E-state index contributed by atoms with van der Waals surface area (Å²) in [5.41, 5.74) is 1.25. The third-order valence-corrected chi connectivity index (χ3v) is 2.11. The first-order valence-electron chi connectivity index (χ1n) is 4.68. The lowest BCUT2D eigenvalue weighted by atomic mass is 10.2. The highest BCUT2D eigenvalue weighted by molar-refractivity contribution is 6.20. The van der Waals surface area contributed by atoms with E-state index in [4.69, 9.17) is 11.6 Å². The number of alkyl halides is 1. The molecule has 1 atom stereocenters. The molecule has 0 aromatic heterocycles. The summed E-state index contributed by atoms with van der Waals surface area (Å²) in [7, 11) is 0. The monoisotopic (exact) mass is 197 g/mol. The van der Waals surface area contributed by atoms with Gasteiger partial charge >= 0.3 is 0 Å². The molecule has 0 aliphatic heterocycles. The summed E-state index contributed by atoms with van der Waals surface area (Å²) in [5, 5.41) is 0.195. The van der Waals surface area contributed by atoms with Gasteiger partial charge in [-0.15, -0.1) is 11.6 Å². The second kappa shape index (κ2) is 5.13. The van der Waals surface area contributed by atoms with Crippen molar-refractivity contribution < 1.29 is 0 Å². The summed E-state index contributed by atoms with van der Waals surface area (Å²) < 4.78 is 0. The fourth-order valence-corrected chi connectivity index (χ4v) is 1.53. The topological polar surface area (TPSA) is 3.24 Å². The Morgan fingerprint density at radius 1 is 1.31 bits per heavy atom. The molecule has 2 heteroatoms. The van der Waals surface area contributed by atoms with Crippen molar-refractivity contribution in [1.82, 2.24) is 0 Å². The Balaban J connectivity index is 2.67. The molecule has 0 saturated heterocycles. The van der Waals surface area contributed by atoms with Crippen LogP contribution < -0.4 is 4.90 Å². The van der Waals surface area contributed by atoms with E-state index in [0.29, 0.717) is 0 Å². The Bertz CT molecular complexity index is 233. The zero-order valence-corrected chi connectivity index (χ0v) is 8.96. The fraction of sp³-hybridized carbons (Fsp3) is 0.455. The van der Waals surface area contributed by atoms with Crippen LogP contribution in [0.2, 0.25) is 0 Å². The van der Waals surface area contributed by atoms with E-state index in [1.807, 2.05) is 13.0 Å². The third-order valence-electron chi connectivity index (χ3n) is 1.98. The average molecular weight is 198 g/mol. The zero-order chi connectivity index (χ0) is 9.68. The second-order valence-corrected chi connectivity index (χ2v) is 3.90. The summed E-state index contributed by atoms with van der Waals surface area (Å²) in [5.74, 6) is 0. The number of rotatable bonds is 4. The number of benzene rings is 1. The van der Waals surface area contributed by atoms with E-state index in [-0.39, 0.29) is 5.38 Å². The molecule has 0 aliphatic carbocycles. The van der Waals surface area contributed by atoms with Crippen LogP contribution in [0, 0.1) is 0 Å². The van der Waals surface area contributed by atoms with E-state index in [1.54, 1.807) is 0 Å². The van der Waals surface area contributed by atoms with Gasteiger partial charge in [0, 0.05) is 24.2 Å². The van der Waals surface area contributed by atoms with Gasteiger partial charge in [-0.05, 0) is 26.0 Å². The highest BCUT2D eigenvalue weighted by Crippen LogP contribution is 2.14. The lowest BCUT2D eigenvalue weighted by Crippen LogP contribution is -2.28. The first kappa shape index (κ1) is 10.4. The van der Waals surface area contributed by atoms with E-state index in [9.17, 15) is 0 Å². The number of anilines is 1. The van der Waals surface area contributed by atoms with Crippen LogP contribution in [-0.4, -0.2) is 18.5 Å². The van der Waals surface area contributed by atoms with Gasteiger partial charge in [-0.3, -0.25) is 0 Å². The predicted molar refractivity (Wildman–Crippen MR) is 59.6 cm³/mol. The third kappa shape index (κ3) is 3.27. The SMILES string of the molecule is CCN(CC(C)Cl)c1ccccc1. The molecular weight excluding hydrogens is 182 g/mol. The van der Waals surface area contributed by atoms with Crippen molar-refractivity contribution in [1.29, 1.82) is 0 Å². The minimum Gasteiger partial charge on any atom is -0.370 e. The van der Waals surface area contributed by atoms with E-state index in [2.05, 4.69) is 36.1 Å². The lowest BCUT2D eigenvalue weighted by Gasteiger charge is -2.24. The Hall–Kier alpha value is -0.690. The molecule has 0 saturated carbocycles. The Morgan fingerprint density at radius 2 is 1.92 bits per heavy atom. The summed E-state index contributed by atoms with van der Waals surface area (Å²) in [4.78, 5) is 2.28. The quantitative estimate of drug-likeness (QED) is 0.671. The van der Waals surface area contributed by atoms with Crippen molar-refractivity contribution in [3.05, 3.63) is 30.3 Å².